The zero-order valence-electron chi connectivity index (χ0n) is 17.6. The number of rotatable bonds is 9. The maximum atomic E-state index is 12.3. The Kier molecular flexibility index (Phi) is 6.69. The first-order valence-electron chi connectivity index (χ1n) is 9.98. The molecule has 2 aromatic heterocycles. The molecule has 29 heavy (non-hydrogen) atoms. The van der Waals surface area contributed by atoms with E-state index in [2.05, 4.69) is 41.5 Å². The molecule has 0 atom stereocenters. The molecule has 0 spiro atoms. The highest BCUT2D eigenvalue weighted by Crippen LogP contribution is 2.18. The lowest BCUT2D eigenvalue weighted by Crippen LogP contribution is -2.26. The van der Waals surface area contributed by atoms with Crippen LogP contribution in [0, 0.1) is 13.8 Å². The molecule has 7 nitrogen and oxygen atoms in total. The van der Waals surface area contributed by atoms with E-state index >= 15 is 0 Å². The van der Waals surface area contributed by atoms with Crippen molar-refractivity contribution in [1.29, 1.82) is 0 Å². The van der Waals surface area contributed by atoms with Crippen LogP contribution >= 0.6 is 0 Å². The molecular weight excluding hydrogens is 366 g/mol. The van der Waals surface area contributed by atoms with Gasteiger partial charge in [-0.15, -0.1) is 0 Å². The molecule has 0 radical (unpaired) electrons. The number of carbonyl (C=O) groups is 1. The highest BCUT2D eigenvalue weighted by atomic mass is 16.5. The third kappa shape index (κ3) is 5.70. The average molecular weight is 396 g/mol. The van der Waals surface area contributed by atoms with Crippen molar-refractivity contribution in [2.24, 2.45) is 0 Å². The van der Waals surface area contributed by atoms with Gasteiger partial charge in [0.05, 0.1) is 5.69 Å². The van der Waals surface area contributed by atoms with Crippen LogP contribution in [-0.4, -0.2) is 32.0 Å². The van der Waals surface area contributed by atoms with Crippen LogP contribution in [0.1, 0.15) is 53.6 Å². The summed E-state index contributed by atoms with van der Waals surface area (Å²) in [6.07, 6.45) is 2.55. The van der Waals surface area contributed by atoms with E-state index in [1.54, 1.807) is 16.9 Å². The molecule has 1 N–H and O–H groups in total. The predicted molar refractivity (Wildman–Crippen MR) is 112 cm³/mol. The Morgan fingerprint density at radius 2 is 1.90 bits per heavy atom. The number of hydrogen-bond acceptors (Lipinski definition) is 4. The van der Waals surface area contributed by atoms with E-state index in [1.165, 1.54) is 5.56 Å². The highest BCUT2D eigenvalue weighted by molar-refractivity contribution is 5.92. The summed E-state index contributed by atoms with van der Waals surface area (Å²) in [6.45, 7) is 9.93. The van der Waals surface area contributed by atoms with Gasteiger partial charge in [0.25, 0.3) is 5.91 Å². The van der Waals surface area contributed by atoms with Crippen LogP contribution in [0.5, 0.6) is 5.75 Å². The molecule has 0 bridgehead atoms. The Bertz CT molecular complexity index is 941. The van der Waals surface area contributed by atoms with Crippen molar-refractivity contribution in [3.05, 3.63) is 65.2 Å². The third-order valence-corrected chi connectivity index (χ3v) is 4.72. The lowest BCUT2D eigenvalue weighted by atomic mass is 10.0. The smallest absolute Gasteiger partial charge is 0.271 e. The van der Waals surface area contributed by atoms with Gasteiger partial charge in [0.1, 0.15) is 11.4 Å². The quantitative estimate of drug-likeness (QED) is 0.561. The predicted octanol–water partition coefficient (Wildman–Crippen LogP) is 3.68. The van der Waals surface area contributed by atoms with Gasteiger partial charge in [0.15, 0.2) is 6.73 Å². The standard InChI is InChI=1S/C22H29N5O2/c1-16(2)19-6-8-20(9-7-19)29-15-26-13-10-21(25-26)22(28)23-11-5-12-27-18(4)14-17(3)24-27/h6-10,13-14,16H,5,11-12,15H2,1-4H3,(H,23,28). The molecule has 0 saturated heterocycles. The molecule has 1 amide bonds. The second-order valence-electron chi connectivity index (χ2n) is 7.50. The zero-order valence-corrected chi connectivity index (χ0v) is 17.6. The van der Waals surface area contributed by atoms with E-state index in [4.69, 9.17) is 4.74 Å². The van der Waals surface area contributed by atoms with Crippen molar-refractivity contribution in [1.82, 2.24) is 24.9 Å². The van der Waals surface area contributed by atoms with E-state index in [0.29, 0.717) is 18.2 Å². The summed E-state index contributed by atoms with van der Waals surface area (Å²) in [4.78, 5) is 12.3. The van der Waals surface area contributed by atoms with Crippen LogP contribution in [-0.2, 0) is 13.3 Å². The van der Waals surface area contributed by atoms with Gasteiger partial charge >= 0.3 is 0 Å². The molecule has 1 aromatic carbocycles. The van der Waals surface area contributed by atoms with Crippen LogP contribution in [0.15, 0.2) is 42.6 Å². The topological polar surface area (TPSA) is 74.0 Å². The number of hydrogen-bond donors (Lipinski definition) is 1. The third-order valence-electron chi connectivity index (χ3n) is 4.72. The van der Waals surface area contributed by atoms with Crippen LogP contribution < -0.4 is 10.1 Å². The molecule has 3 aromatic rings. The lowest BCUT2D eigenvalue weighted by Gasteiger charge is -2.09. The van der Waals surface area contributed by atoms with Crippen LogP contribution in [0.3, 0.4) is 0 Å². The Morgan fingerprint density at radius 1 is 1.14 bits per heavy atom. The molecule has 7 heteroatoms. The number of amides is 1. The van der Waals surface area contributed by atoms with E-state index in [1.807, 2.05) is 36.7 Å². The summed E-state index contributed by atoms with van der Waals surface area (Å²) in [7, 11) is 0. The first kappa shape index (κ1) is 20.6. The average Bonchev–Trinajstić information content (AvgIpc) is 3.30. The first-order valence-corrected chi connectivity index (χ1v) is 9.98. The molecular formula is C22H29N5O2. The van der Waals surface area contributed by atoms with Crippen molar-refractivity contribution < 1.29 is 9.53 Å². The highest BCUT2D eigenvalue weighted by Gasteiger charge is 2.09. The Balaban J connectivity index is 1.42. The number of aromatic nitrogens is 4. The van der Waals surface area contributed by atoms with Crippen LogP contribution in [0.4, 0.5) is 0 Å². The summed E-state index contributed by atoms with van der Waals surface area (Å²) in [5.41, 5.74) is 3.80. The molecule has 0 saturated carbocycles. The number of nitrogens with one attached hydrogen (secondary N) is 1. The molecule has 0 fully saturated rings. The Hall–Kier alpha value is -3.09. The molecule has 154 valence electrons. The Morgan fingerprint density at radius 3 is 2.55 bits per heavy atom. The zero-order chi connectivity index (χ0) is 20.8. The van der Waals surface area contributed by atoms with E-state index in [9.17, 15) is 4.79 Å². The SMILES string of the molecule is Cc1cc(C)n(CCCNC(=O)c2ccn(COc3ccc(C(C)C)cc3)n2)n1. The van der Waals surface area contributed by atoms with Crippen molar-refractivity contribution in [2.75, 3.05) is 6.54 Å². The summed E-state index contributed by atoms with van der Waals surface area (Å²) in [6, 6.07) is 11.8. The molecule has 0 aliphatic carbocycles. The maximum Gasteiger partial charge on any atom is 0.271 e. The molecule has 0 unspecified atom stereocenters. The van der Waals surface area contributed by atoms with Gasteiger partial charge in [-0.1, -0.05) is 26.0 Å². The largest absolute Gasteiger partial charge is 0.471 e. The fourth-order valence-corrected chi connectivity index (χ4v) is 3.07. The number of ether oxygens (including phenoxy) is 1. The van der Waals surface area contributed by atoms with Gasteiger partial charge < -0.3 is 10.1 Å². The van der Waals surface area contributed by atoms with Crippen LogP contribution in [0.25, 0.3) is 0 Å². The van der Waals surface area contributed by atoms with Crippen molar-refractivity contribution in [3.63, 3.8) is 0 Å². The number of carbonyl (C=O) groups excluding carboxylic acids is 1. The van der Waals surface area contributed by atoms with Crippen LogP contribution in [0.2, 0.25) is 0 Å². The summed E-state index contributed by atoms with van der Waals surface area (Å²) >= 11 is 0. The summed E-state index contributed by atoms with van der Waals surface area (Å²) < 4.78 is 9.31. The minimum Gasteiger partial charge on any atom is -0.471 e. The number of nitrogens with zero attached hydrogens (tertiary/aromatic N) is 4. The van der Waals surface area contributed by atoms with Gasteiger partial charge in [0, 0.05) is 25.0 Å². The second-order valence-corrected chi connectivity index (χ2v) is 7.50. The minimum absolute atomic E-state index is 0.182. The van der Waals surface area contributed by atoms with Crippen molar-refractivity contribution in [3.8, 4) is 5.75 Å². The molecule has 3 rings (SSSR count). The normalized spacial score (nSPS) is 11.1. The van der Waals surface area contributed by atoms with Crippen molar-refractivity contribution in [2.45, 2.75) is 53.3 Å². The summed E-state index contributed by atoms with van der Waals surface area (Å²) in [5.74, 6) is 1.09. The van der Waals surface area contributed by atoms with Gasteiger partial charge in [-0.3, -0.25) is 9.48 Å². The summed E-state index contributed by atoms with van der Waals surface area (Å²) in [5, 5.41) is 11.6. The number of benzene rings is 1. The first-order chi connectivity index (χ1) is 13.9. The van der Waals surface area contributed by atoms with E-state index in [-0.39, 0.29) is 12.6 Å². The second kappa shape index (κ2) is 9.41. The fraction of sp³-hybridized carbons (Fsp3) is 0.409. The van der Waals surface area contributed by atoms with Gasteiger partial charge in [-0.2, -0.15) is 10.2 Å². The molecule has 0 aliphatic rings. The van der Waals surface area contributed by atoms with E-state index < -0.39 is 0 Å². The molecule has 2 heterocycles. The van der Waals surface area contributed by atoms with E-state index in [0.717, 1.165) is 30.1 Å². The minimum atomic E-state index is -0.182. The lowest BCUT2D eigenvalue weighted by molar-refractivity contribution is 0.0945. The van der Waals surface area contributed by atoms with Crippen molar-refractivity contribution >= 4 is 5.91 Å². The van der Waals surface area contributed by atoms with Gasteiger partial charge in [-0.05, 0) is 56.0 Å². The maximum absolute atomic E-state index is 12.3. The monoisotopic (exact) mass is 395 g/mol. The molecule has 0 aliphatic heterocycles. The number of aryl methyl sites for hydroxylation is 3. The van der Waals surface area contributed by atoms with Gasteiger partial charge in [0.2, 0.25) is 0 Å². The fourth-order valence-electron chi connectivity index (χ4n) is 3.07. The van der Waals surface area contributed by atoms with Gasteiger partial charge in [-0.25, -0.2) is 4.68 Å². The Labute approximate surface area is 171 Å².